The number of para-hydroxylation sites is 1. The van der Waals surface area contributed by atoms with E-state index < -0.39 is 0 Å². The van der Waals surface area contributed by atoms with Crippen LogP contribution >= 0.6 is 0 Å². The maximum absolute atomic E-state index is 11.7. The summed E-state index contributed by atoms with van der Waals surface area (Å²) in [5.74, 6) is -0.320. The Morgan fingerprint density at radius 1 is 1.47 bits per heavy atom. The summed E-state index contributed by atoms with van der Waals surface area (Å²) in [5, 5.41) is 0. The average molecular weight is 234 g/mol. The first-order valence-electron chi connectivity index (χ1n) is 5.38. The highest BCUT2D eigenvalue weighted by Gasteiger charge is 2.10. The molecule has 1 aromatic heterocycles. The van der Waals surface area contributed by atoms with Crippen LogP contribution < -0.4 is 5.69 Å². The van der Waals surface area contributed by atoms with Crippen LogP contribution in [0, 0.1) is 6.92 Å². The quantitative estimate of drug-likeness (QED) is 0.811. The summed E-state index contributed by atoms with van der Waals surface area (Å²) in [5.41, 5.74) is 2.45. The molecule has 5 heteroatoms. The van der Waals surface area contributed by atoms with Crippen LogP contribution in [-0.2, 0) is 16.1 Å². The van der Waals surface area contributed by atoms with Gasteiger partial charge < -0.3 is 9.72 Å². The van der Waals surface area contributed by atoms with E-state index in [0.717, 1.165) is 16.6 Å². The van der Waals surface area contributed by atoms with Gasteiger partial charge in [0.2, 0.25) is 0 Å². The molecule has 0 unspecified atom stereocenters. The fourth-order valence-electron chi connectivity index (χ4n) is 1.92. The smallest absolute Gasteiger partial charge is 0.326 e. The van der Waals surface area contributed by atoms with Gasteiger partial charge in [-0.1, -0.05) is 12.1 Å². The number of carbonyl (C=O) groups excluding carboxylic acids is 1. The Kier molecular flexibility index (Phi) is 2.99. The molecule has 1 heterocycles. The van der Waals surface area contributed by atoms with Crippen LogP contribution in [0.4, 0.5) is 0 Å². The number of aromatic amines is 1. The zero-order valence-electron chi connectivity index (χ0n) is 9.82. The summed E-state index contributed by atoms with van der Waals surface area (Å²) in [6.45, 7) is 2.26. The Morgan fingerprint density at radius 2 is 2.24 bits per heavy atom. The fraction of sp³-hybridized carbons (Fsp3) is 0.333. The van der Waals surface area contributed by atoms with Crippen LogP contribution in [0.1, 0.15) is 12.0 Å². The van der Waals surface area contributed by atoms with E-state index in [1.807, 2.05) is 25.1 Å². The SMILES string of the molecule is COC(=O)CCn1c(=O)[nH]c2cccc(C)c21. The second-order valence-electron chi connectivity index (χ2n) is 3.88. The number of fused-ring (bicyclic) bond motifs is 1. The molecule has 17 heavy (non-hydrogen) atoms. The summed E-state index contributed by atoms with van der Waals surface area (Å²) in [6.07, 6.45) is 0.192. The van der Waals surface area contributed by atoms with Crippen molar-refractivity contribution in [3.8, 4) is 0 Å². The van der Waals surface area contributed by atoms with Crippen molar-refractivity contribution in [2.45, 2.75) is 19.9 Å². The van der Waals surface area contributed by atoms with Crippen molar-refractivity contribution in [2.75, 3.05) is 7.11 Å². The van der Waals surface area contributed by atoms with Crippen LogP contribution in [0.5, 0.6) is 0 Å². The Balaban J connectivity index is 2.42. The van der Waals surface area contributed by atoms with Crippen LogP contribution in [0.2, 0.25) is 0 Å². The predicted molar refractivity (Wildman–Crippen MR) is 63.9 cm³/mol. The van der Waals surface area contributed by atoms with E-state index >= 15 is 0 Å². The molecular formula is C12H14N2O3. The number of aryl methyl sites for hydroxylation is 2. The number of imidazole rings is 1. The molecule has 1 N–H and O–H groups in total. The van der Waals surface area contributed by atoms with E-state index in [1.165, 1.54) is 7.11 Å². The molecule has 2 aromatic rings. The molecule has 0 aliphatic heterocycles. The Labute approximate surface area is 98.0 Å². The van der Waals surface area contributed by atoms with E-state index in [0.29, 0.717) is 6.54 Å². The van der Waals surface area contributed by atoms with Crippen LogP contribution in [0.15, 0.2) is 23.0 Å². The fourth-order valence-corrected chi connectivity index (χ4v) is 1.92. The van der Waals surface area contributed by atoms with Gasteiger partial charge >= 0.3 is 11.7 Å². The number of rotatable bonds is 3. The molecule has 0 aliphatic rings. The monoisotopic (exact) mass is 234 g/mol. The van der Waals surface area contributed by atoms with Gasteiger partial charge in [0, 0.05) is 6.54 Å². The average Bonchev–Trinajstić information content (AvgIpc) is 2.63. The topological polar surface area (TPSA) is 64.1 Å². The highest BCUT2D eigenvalue weighted by Crippen LogP contribution is 2.15. The zero-order chi connectivity index (χ0) is 12.4. The van der Waals surface area contributed by atoms with Gasteiger partial charge in [-0.15, -0.1) is 0 Å². The molecule has 0 fully saturated rings. The van der Waals surface area contributed by atoms with Gasteiger partial charge in [0.1, 0.15) is 0 Å². The molecular weight excluding hydrogens is 220 g/mol. The van der Waals surface area contributed by atoms with Gasteiger partial charge in [-0.2, -0.15) is 0 Å². The Bertz CT molecular complexity index is 610. The minimum Gasteiger partial charge on any atom is -0.469 e. The van der Waals surface area contributed by atoms with Crippen molar-refractivity contribution in [3.05, 3.63) is 34.2 Å². The molecule has 0 radical (unpaired) electrons. The summed E-state index contributed by atoms with van der Waals surface area (Å²) >= 11 is 0. The number of H-pyrrole nitrogens is 1. The molecule has 1 aromatic carbocycles. The van der Waals surface area contributed by atoms with Gasteiger partial charge in [-0.3, -0.25) is 9.36 Å². The van der Waals surface area contributed by atoms with Crippen molar-refractivity contribution in [1.82, 2.24) is 9.55 Å². The highest BCUT2D eigenvalue weighted by molar-refractivity contribution is 5.79. The molecule has 0 aliphatic carbocycles. The van der Waals surface area contributed by atoms with Crippen molar-refractivity contribution in [2.24, 2.45) is 0 Å². The van der Waals surface area contributed by atoms with Crippen molar-refractivity contribution in [1.29, 1.82) is 0 Å². The third kappa shape index (κ3) is 2.08. The van der Waals surface area contributed by atoms with Gasteiger partial charge in [-0.05, 0) is 18.6 Å². The maximum Gasteiger partial charge on any atom is 0.326 e. The molecule has 0 amide bonds. The van der Waals surface area contributed by atoms with E-state index in [4.69, 9.17) is 0 Å². The van der Waals surface area contributed by atoms with Crippen molar-refractivity contribution in [3.63, 3.8) is 0 Å². The summed E-state index contributed by atoms with van der Waals surface area (Å²) in [7, 11) is 1.34. The molecule has 0 saturated heterocycles. The van der Waals surface area contributed by atoms with E-state index in [1.54, 1.807) is 4.57 Å². The van der Waals surface area contributed by atoms with Crippen molar-refractivity contribution < 1.29 is 9.53 Å². The van der Waals surface area contributed by atoms with Gasteiger partial charge in [0.15, 0.2) is 0 Å². The lowest BCUT2D eigenvalue weighted by atomic mass is 10.2. The molecule has 5 nitrogen and oxygen atoms in total. The summed E-state index contributed by atoms with van der Waals surface area (Å²) in [6, 6.07) is 5.67. The molecule has 0 atom stereocenters. The maximum atomic E-state index is 11.7. The lowest BCUT2D eigenvalue weighted by Gasteiger charge is -2.04. The molecule has 2 rings (SSSR count). The number of esters is 1. The number of nitrogens with zero attached hydrogens (tertiary/aromatic N) is 1. The third-order valence-corrected chi connectivity index (χ3v) is 2.76. The van der Waals surface area contributed by atoms with E-state index in [2.05, 4.69) is 9.72 Å². The number of benzene rings is 1. The first kappa shape index (κ1) is 11.4. The minimum absolute atomic E-state index is 0.192. The number of methoxy groups -OCH3 is 1. The van der Waals surface area contributed by atoms with E-state index in [9.17, 15) is 9.59 Å². The number of ether oxygens (including phenoxy) is 1. The van der Waals surface area contributed by atoms with Gasteiger partial charge in [0.05, 0.1) is 24.6 Å². The number of aromatic nitrogens is 2. The lowest BCUT2D eigenvalue weighted by Crippen LogP contribution is -2.19. The first-order chi connectivity index (χ1) is 8.13. The number of hydrogen-bond donors (Lipinski definition) is 1. The van der Waals surface area contributed by atoms with Gasteiger partial charge in [0.25, 0.3) is 0 Å². The first-order valence-corrected chi connectivity index (χ1v) is 5.38. The van der Waals surface area contributed by atoms with Gasteiger partial charge in [-0.25, -0.2) is 4.79 Å². The van der Waals surface area contributed by atoms with Crippen molar-refractivity contribution >= 4 is 17.0 Å². The minimum atomic E-state index is -0.320. The number of hydrogen-bond acceptors (Lipinski definition) is 3. The largest absolute Gasteiger partial charge is 0.469 e. The van der Waals surface area contributed by atoms with Crippen LogP contribution in [0.3, 0.4) is 0 Å². The second-order valence-corrected chi connectivity index (χ2v) is 3.88. The Hall–Kier alpha value is -2.04. The van der Waals surface area contributed by atoms with Crippen LogP contribution in [0.25, 0.3) is 11.0 Å². The Morgan fingerprint density at radius 3 is 2.94 bits per heavy atom. The molecule has 90 valence electrons. The van der Waals surface area contributed by atoms with E-state index in [-0.39, 0.29) is 18.1 Å². The highest BCUT2D eigenvalue weighted by atomic mass is 16.5. The number of nitrogens with one attached hydrogen (secondary N) is 1. The van der Waals surface area contributed by atoms with Crippen LogP contribution in [-0.4, -0.2) is 22.6 Å². The summed E-state index contributed by atoms with van der Waals surface area (Å²) < 4.78 is 6.14. The molecule has 0 spiro atoms. The predicted octanol–water partition coefficient (Wildman–Crippen LogP) is 1.20. The number of carbonyl (C=O) groups is 1. The zero-order valence-corrected chi connectivity index (χ0v) is 9.82. The second kappa shape index (κ2) is 4.45. The third-order valence-electron chi connectivity index (χ3n) is 2.76. The molecule has 0 bridgehead atoms. The molecule has 0 saturated carbocycles. The summed E-state index contributed by atoms with van der Waals surface area (Å²) in [4.78, 5) is 25.6. The normalized spacial score (nSPS) is 10.7. The standard InChI is InChI=1S/C12H14N2O3/c1-8-4-3-5-9-11(8)14(12(16)13-9)7-6-10(15)17-2/h3-5H,6-7H2,1-2H3,(H,13,16). The lowest BCUT2D eigenvalue weighted by molar-refractivity contribution is -0.140.